The van der Waals surface area contributed by atoms with Gasteiger partial charge >= 0.3 is 0 Å². The molecule has 16 heavy (non-hydrogen) atoms. The van der Waals surface area contributed by atoms with Crippen LogP contribution in [0.2, 0.25) is 0 Å². The first-order valence-electron chi connectivity index (χ1n) is 4.87. The molecule has 2 aromatic heterocycles. The number of benzene rings is 1. The van der Waals surface area contributed by atoms with Gasteiger partial charge in [0.1, 0.15) is 5.69 Å². The smallest absolute Gasteiger partial charge is 0.114 e. The van der Waals surface area contributed by atoms with Crippen LogP contribution >= 0.6 is 22.9 Å². The summed E-state index contributed by atoms with van der Waals surface area (Å²) in [6, 6.07) is 14.3. The highest BCUT2D eigenvalue weighted by Gasteiger charge is 2.12. The van der Waals surface area contributed by atoms with E-state index in [1.165, 1.54) is 16.4 Å². The molecule has 2 heterocycles. The molecule has 0 bridgehead atoms. The predicted octanol–water partition coefficient (Wildman–Crippen LogP) is 3.93. The average molecular weight is 244 g/mol. The first-order chi connectivity index (χ1) is 7.95. The molecule has 78 valence electrons. The molecule has 2 nitrogen and oxygen atoms in total. The van der Waals surface area contributed by atoms with Crippen LogP contribution in [0.25, 0.3) is 21.0 Å². The van der Waals surface area contributed by atoms with E-state index in [9.17, 15) is 0 Å². The Hall–Kier alpha value is -1.52. The highest BCUT2D eigenvalue weighted by molar-refractivity contribution is 7.19. The summed E-state index contributed by atoms with van der Waals surface area (Å²) in [5, 5.41) is 6.29. The SMILES string of the molecule is c1ccc(-c2nnsc2-c2cccs2)cc1. The summed E-state index contributed by atoms with van der Waals surface area (Å²) in [5.41, 5.74) is 2.10. The van der Waals surface area contributed by atoms with E-state index in [1.54, 1.807) is 11.3 Å². The Kier molecular flexibility index (Phi) is 2.52. The quantitative estimate of drug-likeness (QED) is 0.682. The summed E-state index contributed by atoms with van der Waals surface area (Å²) in [6.45, 7) is 0. The lowest BCUT2D eigenvalue weighted by molar-refractivity contribution is 1.16. The van der Waals surface area contributed by atoms with Crippen molar-refractivity contribution in [1.29, 1.82) is 0 Å². The Balaban J connectivity index is 2.14. The highest BCUT2D eigenvalue weighted by Crippen LogP contribution is 2.35. The number of hydrogen-bond acceptors (Lipinski definition) is 4. The van der Waals surface area contributed by atoms with Gasteiger partial charge in [0, 0.05) is 10.4 Å². The molecule has 0 aliphatic carbocycles. The van der Waals surface area contributed by atoms with Gasteiger partial charge in [-0.05, 0) is 23.0 Å². The van der Waals surface area contributed by atoms with Crippen LogP contribution in [0, 0.1) is 0 Å². The van der Waals surface area contributed by atoms with Gasteiger partial charge in [-0.25, -0.2) is 0 Å². The van der Waals surface area contributed by atoms with Crippen molar-refractivity contribution >= 4 is 22.9 Å². The van der Waals surface area contributed by atoms with Crippen molar-refractivity contribution in [3.05, 3.63) is 47.8 Å². The van der Waals surface area contributed by atoms with E-state index in [0.717, 1.165) is 16.1 Å². The molecule has 0 amide bonds. The molecule has 0 spiro atoms. The number of thiophene rings is 1. The predicted molar refractivity (Wildman–Crippen MR) is 68.7 cm³/mol. The number of aromatic nitrogens is 2. The fourth-order valence-electron chi connectivity index (χ4n) is 1.55. The van der Waals surface area contributed by atoms with Crippen molar-refractivity contribution in [2.75, 3.05) is 0 Å². The summed E-state index contributed by atoms with van der Waals surface area (Å²) in [7, 11) is 0. The minimum atomic E-state index is 0.980. The van der Waals surface area contributed by atoms with E-state index in [0.29, 0.717) is 0 Å². The fourth-order valence-corrected chi connectivity index (χ4v) is 3.07. The van der Waals surface area contributed by atoms with Gasteiger partial charge in [0.15, 0.2) is 0 Å². The van der Waals surface area contributed by atoms with E-state index in [1.807, 2.05) is 18.2 Å². The largest absolute Gasteiger partial charge is 0.143 e. The van der Waals surface area contributed by atoms with Gasteiger partial charge in [-0.1, -0.05) is 40.9 Å². The second kappa shape index (κ2) is 4.15. The van der Waals surface area contributed by atoms with E-state index in [2.05, 4.69) is 39.2 Å². The lowest BCUT2D eigenvalue weighted by Gasteiger charge is -1.98. The summed E-state index contributed by atoms with van der Waals surface area (Å²) >= 11 is 3.17. The van der Waals surface area contributed by atoms with Crippen LogP contribution in [0.5, 0.6) is 0 Å². The third-order valence-electron chi connectivity index (χ3n) is 2.28. The zero-order valence-corrected chi connectivity index (χ0v) is 9.96. The molecule has 1 aromatic carbocycles. The van der Waals surface area contributed by atoms with E-state index in [-0.39, 0.29) is 0 Å². The average Bonchev–Trinajstić information content (AvgIpc) is 3.01. The van der Waals surface area contributed by atoms with Crippen LogP contribution in [-0.4, -0.2) is 9.59 Å². The number of nitrogens with zero attached hydrogens (tertiary/aromatic N) is 2. The zero-order valence-electron chi connectivity index (χ0n) is 8.33. The summed E-state index contributed by atoms with van der Waals surface area (Å²) in [5.74, 6) is 0. The van der Waals surface area contributed by atoms with Gasteiger partial charge in [0.25, 0.3) is 0 Å². The van der Waals surface area contributed by atoms with Crippen molar-refractivity contribution in [2.24, 2.45) is 0 Å². The molecule has 0 radical (unpaired) electrons. The molecule has 0 N–H and O–H groups in total. The number of rotatable bonds is 2. The van der Waals surface area contributed by atoms with Gasteiger partial charge < -0.3 is 0 Å². The summed E-state index contributed by atoms with van der Waals surface area (Å²) in [6.07, 6.45) is 0. The minimum absolute atomic E-state index is 0.980. The van der Waals surface area contributed by atoms with Gasteiger partial charge in [0.2, 0.25) is 0 Å². The minimum Gasteiger partial charge on any atom is -0.143 e. The lowest BCUT2D eigenvalue weighted by atomic mass is 10.1. The molecule has 4 heteroatoms. The molecular weight excluding hydrogens is 236 g/mol. The van der Waals surface area contributed by atoms with Crippen LogP contribution in [0.4, 0.5) is 0 Å². The van der Waals surface area contributed by atoms with Crippen molar-refractivity contribution < 1.29 is 0 Å². The molecule has 0 aliphatic rings. The van der Waals surface area contributed by atoms with Gasteiger partial charge in [-0.15, -0.1) is 16.4 Å². The fraction of sp³-hybridized carbons (Fsp3) is 0. The maximum Gasteiger partial charge on any atom is 0.114 e. The topological polar surface area (TPSA) is 25.8 Å². The van der Waals surface area contributed by atoms with Crippen LogP contribution in [0.3, 0.4) is 0 Å². The van der Waals surface area contributed by atoms with Crippen LogP contribution < -0.4 is 0 Å². The second-order valence-corrected chi connectivity index (χ2v) is 5.00. The molecule has 0 atom stereocenters. The summed E-state index contributed by atoms with van der Waals surface area (Å²) in [4.78, 5) is 2.38. The maximum absolute atomic E-state index is 4.22. The summed E-state index contributed by atoms with van der Waals surface area (Å²) < 4.78 is 4.05. The molecular formula is C12H8N2S2. The third-order valence-corrected chi connectivity index (χ3v) is 4.06. The monoisotopic (exact) mass is 244 g/mol. The third kappa shape index (κ3) is 1.66. The zero-order chi connectivity index (χ0) is 10.8. The Morgan fingerprint density at radius 3 is 2.56 bits per heavy atom. The van der Waals surface area contributed by atoms with Crippen molar-refractivity contribution in [3.8, 4) is 21.0 Å². The Morgan fingerprint density at radius 2 is 1.81 bits per heavy atom. The first-order valence-corrected chi connectivity index (χ1v) is 6.52. The van der Waals surface area contributed by atoms with Crippen molar-refractivity contribution in [3.63, 3.8) is 0 Å². The van der Waals surface area contributed by atoms with Crippen LogP contribution in [0.1, 0.15) is 0 Å². The maximum atomic E-state index is 4.22. The van der Waals surface area contributed by atoms with Gasteiger partial charge in [0.05, 0.1) is 4.88 Å². The van der Waals surface area contributed by atoms with E-state index < -0.39 is 0 Å². The molecule has 0 fully saturated rings. The van der Waals surface area contributed by atoms with Crippen LogP contribution in [0.15, 0.2) is 47.8 Å². The van der Waals surface area contributed by atoms with E-state index in [4.69, 9.17) is 0 Å². The molecule has 3 aromatic rings. The molecule has 0 saturated carbocycles. The molecule has 0 unspecified atom stereocenters. The lowest BCUT2D eigenvalue weighted by Crippen LogP contribution is -1.79. The highest BCUT2D eigenvalue weighted by atomic mass is 32.1. The second-order valence-electron chi connectivity index (χ2n) is 3.29. The van der Waals surface area contributed by atoms with Crippen LogP contribution in [-0.2, 0) is 0 Å². The standard InChI is InChI=1S/C12H8N2S2/c1-2-5-9(6-3-1)11-12(16-14-13-11)10-7-4-8-15-10/h1-8H. The molecule has 0 saturated heterocycles. The Morgan fingerprint density at radius 1 is 0.938 bits per heavy atom. The molecule has 0 aliphatic heterocycles. The Labute approximate surface area is 101 Å². The normalized spacial score (nSPS) is 10.5. The van der Waals surface area contributed by atoms with Gasteiger partial charge in [-0.3, -0.25) is 0 Å². The Bertz CT molecular complexity index is 570. The number of hydrogen-bond donors (Lipinski definition) is 0. The molecule has 3 rings (SSSR count). The van der Waals surface area contributed by atoms with Gasteiger partial charge in [-0.2, -0.15) is 0 Å². The van der Waals surface area contributed by atoms with E-state index >= 15 is 0 Å². The van der Waals surface area contributed by atoms with Crippen molar-refractivity contribution in [2.45, 2.75) is 0 Å². The first kappa shape index (κ1) is 9.69. The van der Waals surface area contributed by atoms with Crippen molar-refractivity contribution in [1.82, 2.24) is 9.59 Å².